The molecule has 0 saturated heterocycles. The molecule has 0 atom stereocenters. The molecule has 3 heteroatoms. The monoisotopic (exact) mass is 228 g/mol. The fourth-order valence-electron chi connectivity index (χ4n) is 1.40. The predicted molar refractivity (Wildman–Crippen MR) is 65.2 cm³/mol. The van der Waals surface area contributed by atoms with Crippen molar-refractivity contribution in [3.8, 4) is 0 Å². The first-order valence-corrected chi connectivity index (χ1v) is 6.28. The van der Waals surface area contributed by atoms with Crippen LogP contribution in [-0.4, -0.2) is 12.8 Å². The summed E-state index contributed by atoms with van der Waals surface area (Å²) in [6, 6.07) is 0. The van der Waals surface area contributed by atoms with Gasteiger partial charge in [0.1, 0.15) is 5.76 Å². The summed E-state index contributed by atoms with van der Waals surface area (Å²) < 4.78 is 9.86. The van der Waals surface area contributed by atoms with Crippen molar-refractivity contribution in [2.75, 3.05) is 6.61 Å². The average Bonchev–Trinajstić information content (AvgIpc) is 2.25. The summed E-state index contributed by atoms with van der Waals surface area (Å²) in [6.07, 6.45) is 7.77. The normalized spacial score (nSPS) is 11.3. The molecule has 0 bridgehead atoms. The van der Waals surface area contributed by atoms with Gasteiger partial charge in [-0.1, -0.05) is 33.1 Å². The quantitative estimate of drug-likeness (QED) is 0.350. The van der Waals surface area contributed by atoms with E-state index in [1.165, 1.54) is 19.3 Å². The van der Waals surface area contributed by atoms with Gasteiger partial charge in [0, 0.05) is 6.42 Å². The smallest absolute Gasteiger partial charge is 0.434 e. The molecule has 0 aliphatic carbocycles. The Morgan fingerprint density at radius 1 is 1.12 bits per heavy atom. The molecular formula is C13H24O3. The Morgan fingerprint density at radius 3 is 2.44 bits per heavy atom. The van der Waals surface area contributed by atoms with Gasteiger partial charge >= 0.3 is 6.16 Å². The minimum Gasteiger partial charge on any atom is -0.434 e. The van der Waals surface area contributed by atoms with Gasteiger partial charge in [-0.25, -0.2) is 4.79 Å². The fourth-order valence-corrected chi connectivity index (χ4v) is 1.40. The van der Waals surface area contributed by atoms with Crippen molar-refractivity contribution in [1.82, 2.24) is 0 Å². The third-order valence-electron chi connectivity index (χ3n) is 2.19. The number of rotatable bonds is 8. The third kappa shape index (κ3) is 8.33. The maximum Gasteiger partial charge on any atom is 0.513 e. The fraction of sp³-hybridized carbons (Fsp3) is 0.769. The molecule has 16 heavy (non-hydrogen) atoms. The molecular weight excluding hydrogens is 204 g/mol. The molecule has 94 valence electrons. The lowest BCUT2D eigenvalue weighted by atomic mass is 10.1. The third-order valence-corrected chi connectivity index (χ3v) is 2.19. The molecule has 0 amide bonds. The van der Waals surface area contributed by atoms with E-state index in [0.717, 1.165) is 25.0 Å². The number of ether oxygens (including phenoxy) is 2. The van der Waals surface area contributed by atoms with Crippen molar-refractivity contribution in [3.63, 3.8) is 0 Å². The second-order valence-electron chi connectivity index (χ2n) is 3.67. The summed E-state index contributed by atoms with van der Waals surface area (Å²) in [6.45, 7) is 6.33. The summed E-state index contributed by atoms with van der Waals surface area (Å²) >= 11 is 0. The van der Waals surface area contributed by atoms with Crippen LogP contribution in [0.4, 0.5) is 4.79 Å². The number of hydrogen-bond acceptors (Lipinski definition) is 3. The summed E-state index contributed by atoms with van der Waals surface area (Å²) in [5, 5.41) is 0. The molecule has 0 heterocycles. The molecule has 0 fully saturated rings. The van der Waals surface area contributed by atoms with Crippen LogP contribution >= 0.6 is 0 Å². The zero-order valence-corrected chi connectivity index (χ0v) is 10.8. The van der Waals surface area contributed by atoms with E-state index in [0.29, 0.717) is 6.61 Å². The molecule has 0 unspecified atom stereocenters. The van der Waals surface area contributed by atoms with Gasteiger partial charge in [-0.15, -0.1) is 0 Å². The SMILES string of the molecule is CC/C=C(/CCCCCC)OC(=O)OCC. The lowest BCUT2D eigenvalue weighted by molar-refractivity contribution is 0.0789. The maximum atomic E-state index is 11.1. The first-order valence-electron chi connectivity index (χ1n) is 6.28. The standard InChI is InChI=1S/C13H24O3/c1-4-7-8-9-11-12(10-5-2)16-13(14)15-6-3/h10H,4-9,11H2,1-3H3/b12-10-. The summed E-state index contributed by atoms with van der Waals surface area (Å²) in [7, 11) is 0. The van der Waals surface area contributed by atoms with Gasteiger partial charge in [-0.3, -0.25) is 0 Å². The first kappa shape index (κ1) is 15.0. The van der Waals surface area contributed by atoms with E-state index in [-0.39, 0.29) is 0 Å². The summed E-state index contributed by atoms with van der Waals surface area (Å²) in [5.74, 6) is 0.747. The van der Waals surface area contributed by atoms with E-state index >= 15 is 0 Å². The van der Waals surface area contributed by atoms with Crippen molar-refractivity contribution in [2.45, 2.75) is 59.3 Å². The highest BCUT2D eigenvalue weighted by Crippen LogP contribution is 2.13. The van der Waals surface area contributed by atoms with Crippen molar-refractivity contribution in [3.05, 3.63) is 11.8 Å². The van der Waals surface area contributed by atoms with Crippen molar-refractivity contribution in [1.29, 1.82) is 0 Å². The molecule has 3 nitrogen and oxygen atoms in total. The van der Waals surface area contributed by atoms with Gasteiger partial charge in [0.05, 0.1) is 6.61 Å². The average molecular weight is 228 g/mol. The van der Waals surface area contributed by atoms with Gasteiger partial charge in [0.15, 0.2) is 0 Å². The molecule has 0 radical (unpaired) electrons. The predicted octanol–water partition coefficient (Wildman–Crippen LogP) is 4.42. The zero-order valence-electron chi connectivity index (χ0n) is 10.8. The molecule has 0 rings (SSSR count). The number of carbonyl (C=O) groups excluding carboxylic acids is 1. The summed E-state index contributed by atoms with van der Waals surface area (Å²) in [4.78, 5) is 11.1. The zero-order chi connectivity index (χ0) is 12.2. The minimum atomic E-state index is -0.585. The molecule has 0 aliphatic rings. The molecule has 0 aliphatic heterocycles. The van der Waals surface area contributed by atoms with E-state index in [1.54, 1.807) is 6.92 Å². The highest BCUT2D eigenvalue weighted by molar-refractivity contribution is 5.61. The maximum absolute atomic E-state index is 11.1. The van der Waals surface area contributed by atoms with Crippen LogP contribution < -0.4 is 0 Å². The topological polar surface area (TPSA) is 35.5 Å². The van der Waals surface area contributed by atoms with Crippen LogP contribution in [0, 0.1) is 0 Å². The second-order valence-corrected chi connectivity index (χ2v) is 3.67. The first-order chi connectivity index (χ1) is 7.74. The molecule has 0 N–H and O–H groups in total. The van der Waals surface area contributed by atoms with Crippen molar-refractivity contribution >= 4 is 6.16 Å². The van der Waals surface area contributed by atoms with Crippen LogP contribution in [0.5, 0.6) is 0 Å². The Balaban J connectivity index is 3.88. The Hall–Kier alpha value is -0.990. The van der Waals surface area contributed by atoms with E-state index in [9.17, 15) is 4.79 Å². The Bertz CT molecular complexity index is 209. The highest BCUT2D eigenvalue weighted by Gasteiger charge is 2.06. The lowest BCUT2D eigenvalue weighted by Gasteiger charge is -2.08. The van der Waals surface area contributed by atoms with Gasteiger partial charge in [-0.2, -0.15) is 0 Å². The van der Waals surface area contributed by atoms with Gasteiger partial charge < -0.3 is 9.47 Å². The van der Waals surface area contributed by atoms with Crippen LogP contribution in [0.1, 0.15) is 59.3 Å². The van der Waals surface area contributed by atoms with E-state index in [4.69, 9.17) is 9.47 Å². The number of allylic oxidation sites excluding steroid dienone is 2. The lowest BCUT2D eigenvalue weighted by Crippen LogP contribution is -2.07. The Labute approximate surface area is 98.8 Å². The van der Waals surface area contributed by atoms with Crippen LogP contribution in [0.25, 0.3) is 0 Å². The minimum absolute atomic E-state index is 0.355. The molecule has 0 aromatic rings. The van der Waals surface area contributed by atoms with Gasteiger partial charge in [0.2, 0.25) is 0 Å². The number of unbranched alkanes of at least 4 members (excludes halogenated alkanes) is 3. The second kappa shape index (κ2) is 10.5. The van der Waals surface area contributed by atoms with Crippen LogP contribution in [0.3, 0.4) is 0 Å². The van der Waals surface area contributed by atoms with Crippen LogP contribution in [-0.2, 0) is 9.47 Å². The van der Waals surface area contributed by atoms with Crippen LogP contribution in [0.2, 0.25) is 0 Å². The van der Waals surface area contributed by atoms with E-state index in [1.807, 2.05) is 13.0 Å². The van der Waals surface area contributed by atoms with E-state index in [2.05, 4.69) is 6.92 Å². The number of carbonyl (C=O) groups is 1. The highest BCUT2D eigenvalue weighted by atomic mass is 16.7. The van der Waals surface area contributed by atoms with E-state index < -0.39 is 6.16 Å². The molecule has 0 aromatic heterocycles. The van der Waals surface area contributed by atoms with Gasteiger partial charge in [0.25, 0.3) is 0 Å². The van der Waals surface area contributed by atoms with Crippen LogP contribution in [0.15, 0.2) is 11.8 Å². The largest absolute Gasteiger partial charge is 0.513 e. The molecule has 0 saturated carbocycles. The number of hydrogen-bond donors (Lipinski definition) is 0. The summed E-state index contributed by atoms with van der Waals surface area (Å²) in [5.41, 5.74) is 0. The Kier molecular flexibility index (Phi) is 9.87. The molecule has 0 spiro atoms. The Morgan fingerprint density at radius 2 is 1.88 bits per heavy atom. The molecule has 0 aromatic carbocycles. The van der Waals surface area contributed by atoms with Gasteiger partial charge in [-0.05, 0) is 25.8 Å². The van der Waals surface area contributed by atoms with Crippen molar-refractivity contribution < 1.29 is 14.3 Å². The van der Waals surface area contributed by atoms with Crippen molar-refractivity contribution in [2.24, 2.45) is 0 Å².